The van der Waals surface area contributed by atoms with Crippen LogP contribution in [0.3, 0.4) is 0 Å². The summed E-state index contributed by atoms with van der Waals surface area (Å²) in [6.45, 7) is 6.77. The number of hydrogen-bond acceptors (Lipinski definition) is 4. The summed E-state index contributed by atoms with van der Waals surface area (Å²) in [5.74, 6) is 1.93. The fourth-order valence-corrected chi connectivity index (χ4v) is 3.49. The van der Waals surface area contributed by atoms with Crippen LogP contribution in [0, 0.1) is 0 Å². The lowest BCUT2D eigenvalue weighted by Crippen LogP contribution is -2.37. The fourth-order valence-electron chi connectivity index (χ4n) is 2.18. The first-order valence-electron chi connectivity index (χ1n) is 7.98. The lowest BCUT2D eigenvalue weighted by Gasteiger charge is -2.15. The lowest BCUT2D eigenvalue weighted by atomic mass is 10.3. The number of para-hydroxylation sites is 1. The fraction of sp³-hybridized carbons (Fsp3) is 0.316. The number of benzene rings is 1. The van der Waals surface area contributed by atoms with Crippen LogP contribution in [-0.4, -0.2) is 21.2 Å². The molecule has 0 unspecified atom stereocenters. The van der Waals surface area contributed by atoms with Crippen LogP contribution in [0.4, 0.5) is 0 Å². The van der Waals surface area contributed by atoms with Gasteiger partial charge in [0.05, 0.1) is 21.6 Å². The van der Waals surface area contributed by atoms with Gasteiger partial charge in [-0.05, 0) is 18.2 Å². The molecule has 0 aliphatic heterocycles. The van der Waals surface area contributed by atoms with E-state index in [0.29, 0.717) is 12.4 Å². The summed E-state index contributed by atoms with van der Waals surface area (Å²) in [6, 6.07) is 11.7. The van der Waals surface area contributed by atoms with Crippen LogP contribution >= 0.6 is 0 Å². The van der Waals surface area contributed by atoms with Gasteiger partial charge in [0.15, 0.2) is 0 Å². The van der Waals surface area contributed by atoms with Crippen LogP contribution in [0.25, 0.3) is 0 Å². The van der Waals surface area contributed by atoms with Crippen molar-refractivity contribution >= 4 is 19.2 Å². The molecule has 128 valence electrons. The van der Waals surface area contributed by atoms with Crippen molar-refractivity contribution in [2.45, 2.75) is 32.5 Å². The van der Waals surface area contributed by atoms with E-state index in [1.807, 2.05) is 36.4 Å². The van der Waals surface area contributed by atoms with Crippen molar-refractivity contribution in [2.24, 2.45) is 0 Å². The van der Waals surface area contributed by atoms with E-state index in [-0.39, 0.29) is 12.4 Å². The third-order valence-corrected chi connectivity index (χ3v) is 5.47. The van der Waals surface area contributed by atoms with Crippen molar-refractivity contribution in [3.8, 4) is 11.7 Å². The van der Waals surface area contributed by atoms with Crippen LogP contribution in [0.5, 0.6) is 11.7 Å². The molecule has 0 N–H and O–H groups in total. The Morgan fingerprint density at radius 1 is 1.17 bits per heavy atom. The van der Waals surface area contributed by atoms with Gasteiger partial charge < -0.3 is 13.9 Å². The summed E-state index contributed by atoms with van der Waals surface area (Å²) in [6.07, 6.45) is 4.59. The highest BCUT2D eigenvalue weighted by Gasteiger charge is 2.26. The number of rotatable bonds is 7. The van der Waals surface area contributed by atoms with Gasteiger partial charge in [-0.3, -0.25) is 4.79 Å². The summed E-state index contributed by atoms with van der Waals surface area (Å²) >= 11 is 0. The minimum Gasteiger partial charge on any atom is -0.469 e. The smallest absolute Gasteiger partial charge is 0.309 e. The molecule has 24 heavy (non-hydrogen) atoms. The second kappa shape index (κ2) is 8.01. The lowest BCUT2D eigenvalue weighted by molar-refractivity contribution is -0.139. The van der Waals surface area contributed by atoms with Crippen LogP contribution in [-0.2, 0) is 16.0 Å². The summed E-state index contributed by atoms with van der Waals surface area (Å²) in [7, 11) is -0.214. The maximum absolute atomic E-state index is 11.1. The summed E-state index contributed by atoms with van der Waals surface area (Å²) in [4.78, 5) is 11.1. The monoisotopic (exact) mass is 344 g/mol. The minimum absolute atomic E-state index is 0.249. The second-order valence-corrected chi connectivity index (χ2v) is 11.6. The number of ether oxygens (including phenoxy) is 2. The van der Waals surface area contributed by atoms with Crippen LogP contribution in [0.1, 0.15) is 12.2 Å². The number of carbonyl (C=O) groups is 1. The molecule has 2 rings (SSSR count). The van der Waals surface area contributed by atoms with Crippen molar-refractivity contribution in [1.82, 2.24) is 0 Å². The first-order chi connectivity index (χ1) is 11.4. The molecular formula is C19H24O4Si. The molecule has 5 heteroatoms. The molecule has 1 aromatic carbocycles. The zero-order valence-electron chi connectivity index (χ0n) is 14.7. The Bertz CT molecular complexity index is 696. The molecular weight excluding hydrogens is 320 g/mol. The molecule has 0 aliphatic rings. The quantitative estimate of drug-likeness (QED) is 0.427. The summed E-state index contributed by atoms with van der Waals surface area (Å²) in [5.41, 5.74) is 0. The van der Waals surface area contributed by atoms with E-state index < -0.39 is 8.07 Å². The van der Waals surface area contributed by atoms with Gasteiger partial charge in [0, 0.05) is 11.6 Å². The molecule has 1 aromatic heterocycles. The summed E-state index contributed by atoms with van der Waals surface area (Å²) in [5, 5.41) is 1.16. The van der Waals surface area contributed by atoms with Crippen molar-refractivity contribution in [1.29, 1.82) is 0 Å². The standard InChI is InChI=1S/C19H24O4Si/c1-21-18(20)13-9-8-12-16-14-17(24(2,3)4)19(23-16)22-15-10-6-5-7-11-15/h5-11,14H,12-13H2,1-4H3. The average Bonchev–Trinajstić information content (AvgIpc) is 2.95. The summed E-state index contributed by atoms with van der Waals surface area (Å²) < 4.78 is 16.5. The molecule has 0 amide bonds. The Balaban J connectivity index is 2.15. The van der Waals surface area contributed by atoms with E-state index in [0.717, 1.165) is 16.7 Å². The van der Waals surface area contributed by atoms with Crippen LogP contribution < -0.4 is 9.92 Å². The molecule has 0 bridgehead atoms. The number of carbonyl (C=O) groups excluding carboxylic acids is 1. The highest BCUT2D eigenvalue weighted by atomic mass is 28.3. The van der Waals surface area contributed by atoms with Crippen molar-refractivity contribution in [3.05, 3.63) is 54.3 Å². The normalized spacial score (nSPS) is 11.7. The third kappa shape index (κ3) is 5.13. The molecule has 0 saturated heterocycles. The van der Waals surface area contributed by atoms with Gasteiger partial charge in [-0.1, -0.05) is 50.0 Å². The predicted octanol–water partition coefficient (Wildman–Crippen LogP) is 4.28. The van der Waals surface area contributed by atoms with Crippen LogP contribution in [0.15, 0.2) is 53.0 Å². The first kappa shape index (κ1) is 18.1. The van der Waals surface area contributed by atoms with Gasteiger partial charge in [0.25, 0.3) is 5.95 Å². The Hall–Kier alpha value is -2.27. The predicted molar refractivity (Wildman–Crippen MR) is 97.7 cm³/mol. The molecule has 0 aliphatic carbocycles. The van der Waals surface area contributed by atoms with Gasteiger partial charge in [0.1, 0.15) is 11.5 Å². The Kier molecular flexibility index (Phi) is 6.03. The second-order valence-electron chi connectivity index (χ2n) is 6.53. The van der Waals surface area contributed by atoms with Gasteiger partial charge in [-0.15, -0.1) is 0 Å². The number of furan rings is 1. The SMILES string of the molecule is COC(=O)CC=CCc1cc([Si](C)(C)C)c(Oc2ccccc2)o1. The molecule has 1 heterocycles. The number of hydrogen-bond donors (Lipinski definition) is 0. The molecule has 0 fully saturated rings. The molecule has 4 nitrogen and oxygen atoms in total. The molecule has 0 radical (unpaired) electrons. The van der Waals surface area contributed by atoms with E-state index in [1.165, 1.54) is 7.11 Å². The highest BCUT2D eigenvalue weighted by Crippen LogP contribution is 2.25. The first-order valence-corrected chi connectivity index (χ1v) is 11.5. The van der Waals surface area contributed by atoms with E-state index in [9.17, 15) is 4.79 Å². The van der Waals surface area contributed by atoms with Gasteiger partial charge >= 0.3 is 5.97 Å². The zero-order valence-corrected chi connectivity index (χ0v) is 15.7. The van der Waals surface area contributed by atoms with Gasteiger partial charge in [-0.2, -0.15) is 0 Å². The van der Waals surface area contributed by atoms with E-state index in [4.69, 9.17) is 9.15 Å². The minimum atomic E-state index is -1.60. The maximum Gasteiger partial charge on any atom is 0.309 e. The highest BCUT2D eigenvalue weighted by molar-refractivity contribution is 6.89. The van der Waals surface area contributed by atoms with Crippen molar-refractivity contribution in [2.75, 3.05) is 7.11 Å². The van der Waals surface area contributed by atoms with Crippen LogP contribution in [0.2, 0.25) is 19.6 Å². The van der Waals surface area contributed by atoms with E-state index in [1.54, 1.807) is 6.08 Å². The molecule has 2 aromatic rings. The van der Waals surface area contributed by atoms with E-state index in [2.05, 4.69) is 30.4 Å². The van der Waals surface area contributed by atoms with Crippen molar-refractivity contribution in [3.63, 3.8) is 0 Å². The molecule has 0 atom stereocenters. The topological polar surface area (TPSA) is 48.7 Å². The van der Waals surface area contributed by atoms with E-state index >= 15 is 0 Å². The molecule has 0 saturated carbocycles. The number of methoxy groups -OCH3 is 1. The maximum atomic E-state index is 11.1. The molecule has 0 spiro atoms. The average molecular weight is 344 g/mol. The zero-order chi connectivity index (χ0) is 17.6. The Morgan fingerprint density at radius 2 is 1.88 bits per heavy atom. The largest absolute Gasteiger partial charge is 0.469 e. The third-order valence-electron chi connectivity index (χ3n) is 3.51. The van der Waals surface area contributed by atoms with Gasteiger partial charge in [-0.25, -0.2) is 0 Å². The Labute approximate surface area is 144 Å². The Morgan fingerprint density at radius 3 is 2.50 bits per heavy atom. The van der Waals surface area contributed by atoms with Crippen molar-refractivity contribution < 1.29 is 18.7 Å². The van der Waals surface area contributed by atoms with Gasteiger partial charge in [0.2, 0.25) is 0 Å². The number of esters is 1. The number of allylic oxidation sites excluding steroid dienone is 1.